The van der Waals surface area contributed by atoms with Gasteiger partial charge in [0.05, 0.1) is 13.2 Å². The predicted molar refractivity (Wildman–Crippen MR) is 156 cm³/mol. The number of amides is 2. The average molecular weight is 568 g/mol. The van der Waals surface area contributed by atoms with Crippen molar-refractivity contribution in [3.63, 3.8) is 0 Å². The first-order valence-corrected chi connectivity index (χ1v) is 15.1. The number of rotatable bonds is 8. The van der Waals surface area contributed by atoms with Crippen LogP contribution in [0, 0.1) is 28.9 Å². The van der Waals surface area contributed by atoms with Gasteiger partial charge in [-0.15, -0.1) is 0 Å². The molecule has 6 nitrogen and oxygen atoms in total. The van der Waals surface area contributed by atoms with Crippen molar-refractivity contribution in [1.29, 1.82) is 0 Å². The Morgan fingerprint density at radius 1 is 1.12 bits per heavy atom. The molecule has 0 bridgehead atoms. The number of nitrogens with one attached hydrogen (secondary N) is 1. The van der Waals surface area contributed by atoms with Crippen molar-refractivity contribution in [3.05, 3.63) is 52.6 Å². The van der Waals surface area contributed by atoms with E-state index in [9.17, 15) is 18.4 Å². The van der Waals surface area contributed by atoms with E-state index in [1.54, 1.807) is 0 Å². The first-order valence-electron chi connectivity index (χ1n) is 15.1. The predicted octanol–water partition coefficient (Wildman–Crippen LogP) is 6.49. The van der Waals surface area contributed by atoms with E-state index in [2.05, 4.69) is 26.1 Å². The summed E-state index contributed by atoms with van der Waals surface area (Å²) in [6.45, 7) is 9.43. The Bertz CT molecular complexity index is 1270. The molecule has 2 fully saturated rings. The van der Waals surface area contributed by atoms with E-state index in [4.69, 9.17) is 9.73 Å². The van der Waals surface area contributed by atoms with Crippen molar-refractivity contribution >= 4 is 17.5 Å². The number of methoxy groups -OCH3 is 1. The fraction of sp³-hybridized carbons (Fsp3) is 0.606. The summed E-state index contributed by atoms with van der Waals surface area (Å²) in [5.74, 6) is -1.66. The van der Waals surface area contributed by atoms with Gasteiger partial charge in [0.1, 0.15) is 11.4 Å². The Labute approximate surface area is 242 Å². The molecule has 8 heteroatoms. The molecule has 2 saturated carbocycles. The van der Waals surface area contributed by atoms with Crippen molar-refractivity contribution in [1.82, 2.24) is 10.2 Å². The number of hydrogen-bond acceptors (Lipinski definition) is 4. The van der Waals surface area contributed by atoms with Crippen molar-refractivity contribution in [2.45, 2.75) is 97.2 Å². The van der Waals surface area contributed by atoms with E-state index < -0.39 is 23.0 Å². The lowest BCUT2D eigenvalue weighted by atomic mass is 9.69. The standard InChI is InChI=1S/C33H43F2N3O3/c1-6-17-36-30(39)22-11-9-21(10-12-22)28(20-7-8-20)38-31(40)27(23-18-25(34)29(41-5)26(35)19-23)37-33(38)15-13-24(14-16-33)32(2,3)4/h9,11,18-20,24,28H,6-8,10,12-17H2,1-5H3,(H,36,39). The number of allylic oxidation sites excluding steroid dienone is 2. The van der Waals surface area contributed by atoms with Gasteiger partial charge in [-0.1, -0.05) is 39.8 Å². The topological polar surface area (TPSA) is 71.0 Å². The molecule has 222 valence electrons. The van der Waals surface area contributed by atoms with E-state index in [0.717, 1.165) is 55.4 Å². The molecule has 41 heavy (non-hydrogen) atoms. The second-order valence-corrected chi connectivity index (χ2v) is 13.2. The number of hydrogen-bond donors (Lipinski definition) is 1. The summed E-state index contributed by atoms with van der Waals surface area (Å²) in [4.78, 5) is 34.0. The lowest BCUT2D eigenvalue weighted by Gasteiger charge is -2.48. The van der Waals surface area contributed by atoms with Crippen LogP contribution in [0.2, 0.25) is 0 Å². The Morgan fingerprint density at radius 3 is 2.29 bits per heavy atom. The maximum Gasteiger partial charge on any atom is 0.275 e. The lowest BCUT2D eigenvalue weighted by molar-refractivity contribution is -0.132. The van der Waals surface area contributed by atoms with E-state index in [1.165, 1.54) is 7.11 Å². The van der Waals surface area contributed by atoms with Crippen LogP contribution in [-0.4, -0.2) is 47.8 Å². The summed E-state index contributed by atoms with van der Waals surface area (Å²) < 4.78 is 34.4. The fourth-order valence-electron chi connectivity index (χ4n) is 6.91. The normalized spacial score (nSPS) is 25.5. The number of ether oxygens (including phenoxy) is 1. The molecule has 1 N–H and O–H groups in total. The van der Waals surface area contributed by atoms with Crippen molar-refractivity contribution < 1.29 is 23.1 Å². The van der Waals surface area contributed by atoms with Gasteiger partial charge in [-0.05, 0) is 92.7 Å². The zero-order valence-electron chi connectivity index (χ0n) is 25.0. The Kier molecular flexibility index (Phi) is 8.14. The fourth-order valence-corrected chi connectivity index (χ4v) is 6.91. The molecule has 1 spiro atoms. The van der Waals surface area contributed by atoms with Gasteiger partial charge in [-0.25, -0.2) is 8.78 Å². The highest BCUT2D eigenvalue weighted by Crippen LogP contribution is 2.51. The third-order valence-electron chi connectivity index (χ3n) is 9.41. The molecule has 0 saturated heterocycles. The summed E-state index contributed by atoms with van der Waals surface area (Å²) in [5, 5.41) is 2.96. The van der Waals surface area contributed by atoms with Gasteiger partial charge >= 0.3 is 0 Å². The highest BCUT2D eigenvalue weighted by Gasteiger charge is 2.55. The third kappa shape index (κ3) is 5.71. The van der Waals surface area contributed by atoms with Crippen LogP contribution < -0.4 is 10.1 Å². The van der Waals surface area contributed by atoms with Gasteiger partial charge in [0.25, 0.3) is 5.91 Å². The third-order valence-corrected chi connectivity index (χ3v) is 9.41. The number of carbonyl (C=O) groups is 2. The summed E-state index contributed by atoms with van der Waals surface area (Å²) in [6.07, 6.45) is 11.4. The molecule has 4 aliphatic rings. The average Bonchev–Trinajstić information content (AvgIpc) is 3.74. The van der Waals surface area contributed by atoms with E-state index in [-0.39, 0.29) is 34.5 Å². The molecule has 5 rings (SSSR count). The molecule has 3 aliphatic carbocycles. The van der Waals surface area contributed by atoms with Crippen molar-refractivity contribution in [2.75, 3.05) is 13.7 Å². The molecule has 0 aromatic heterocycles. The molecule has 1 heterocycles. The van der Waals surface area contributed by atoms with E-state index >= 15 is 0 Å². The summed E-state index contributed by atoms with van der Waals surface area (Å²) in [6, 6.07) is 2.17. The van der Waals surface area contributed by atoms with E-state index in [1.807, 2.05) is 24.0 Å². The molecule has 1 aromatic carbocycles. The second-order valence-electron chi connectivity index (χ2n) is 13.2. The van der Waals surface area contributed by atoms with Crippen LogP contribution in [0.4, 0.5) is 8.78 Å². The minimum Gasteiger partial charge on any atom is -0.491 e. The largest absolute Gasteiger partial charge is 0.491 e. The van der Waals surface area contributed by atoms with Crippen molar-refractivity contribution in [3.8, 4) is 5.75 Å². The van der Waals surface area contributed by atoms with E-state index in [0.29, 0.717) is 44.1 Å². The Hall–Kier alpha value is -3.03. The zero-order valence-corrected chi connectivity index (χ0v) is 25.0. The maximum atomic E-state index is 14.8. The molecule has 1 aliphatic heterocycles. The molecule has 1 aromatic rings. The second kappa shape index (κ2) is 11.3. The van der Waals surface area contributed by atoms with Crippen LogP contribution in [0.3, 0.4) is 0 Å². The Balaban J connectivity index is 1.53. The number of nitrogens with zero attached hydrogens (tertiary/aromatic N) is 2. The monoisotopic (exact) mass is 567 g/mol. The Morgan fingerprint density at radius 2 is 1.78 bits per heavy atom. The number of halogens is 2. The smallest absolute Gasteiger partial charge is 0.275 e. The zero-order chi connectivity index (χ0) is 29.5. The molecule has 1 atom stereocenters. The van der Waals surface area contributed by atoms with Gasteiger partial charge in [-0.2, -0.15) is 0 Å². The van der Waals surface area contributed by atoms with Gasteiger partial charge in [0.15, 0.2) is 17.4 Å². The first-order chi connectivity index (χ1) is 19.5. The van der Waals surface area contributed by atoms with Crippen LogP contribution >= 0.6 is 0 Å². The quantitative estimate of drug-likeness (QED) is 0.390. The summed E-state index contributed by atoms with van der Waals surface area (Å²) >= 11 is 0. The number of benzene rings is 1. The minimum absolute atomic E-state index is 0.0338. The van der Waals surface area contributed by atoms with Gasteiger partial charge in [0, 0.05) is 17.7 Å². The summed E-state index contributed by atoms with van der Waals surface area (Å²) in [7, 11) is 1.22. The van der Waals surface area contributed by atoms with Crippen LogP contribution in [0.15, 0.2) is 40.4 Å². The lowest BCUT2D eigenvalue weighted by Crippen LogP contribution is -2.56. The summed E-state index contributed by atoms with van der Waals surface area (Å²) in [5.41, 5.74) is 1.55. The first kappa shape index (κ1) is 29.5. The van der Waals surface area contributed by atoms with Gasteiger partial charge in [-0.3, -0.25) is 14.6 Å². The highest BCUT2D eigenvalue weighted by molar-refractivity contribution is 6.47. The van der Waals surface area contributed by atoms with Crippen molar-refractivity contribution in [2.24, 2.45) is 22.2 Å². The van der Waals surface area contributed by atoms with Crippen LogP contribution in [-0.2, 0) is 9.59 Å². The number of carbonyl (C=O) groups excluding carboxylic acids is 2. The molecular weight excluding hydrogens is 524 g/mol. The molecule has 0 radical (unpaired) electrons. The van der Waals surface area contributed by atoms with Gasteiger partial charge in [0.2, 0.25) is 5.91 Å². The maximum absolute atomic E-state index is 14.8. The highest BCUT2D eigenvalue weighted by atomic mass is 19.1. The minimum atomic E-state index is -0.852. The number of aliphatic imine (C=N–C) groups is 1. The molecule has 2 amide bonds. The molecule has 1 unspecified atom stereocenters. The molecular formula is C33H43F2N3O3. The van der Waals surface area contributed by atoms with Crippen LogP contribution in [0.1, 0.15) is 91.0 Å². The van der Waals surface area contributed by atoms with Gasteiger partial charge < -0.3 is 15.0 Å². The SMILES string of the molecule is CCCNC(=O)C1=CC=C(C(C2CC2)N2C(=O)C(c3cc(F)c(OC)c(F)c3)=NC23CCC(C(C)(C)C)CC3)CC1. The van der Waals surface area contributed by atoms with Crippen LogP contribution in [0.5, 0.6) is 5.75 Å². The van der Waals surface area contributed by atoms with Crippen LogP contribution in [0.25, 0.3) is 0 Å².